The maximum atomic E-state index is 13.2. The second-order valence-electron chi connectivity index (χ2n) is 7.74. The molecule has 32 heavy (non-hydrogen) atoms. The third-order valence-electron chi connectivity index (χ3n) is 4.67. The zero-order valence-electron chi connectivity index (χ0n) is 17.7. The molecular formula is C24H24ClNO5S. The number of hydrogen-bond donors (Lipinski definition) is 2. The van der Waals surface area contributed by atoms with Gasteiger partial charge in [-0.15, -0.1) is 0 Å². The van der Waals surface area contributed by atoms with Gasteiger partial charge in [0, 0.05) is 11.1 Å². The summed E-state index contributed by atoms with van der Waals surface area (Å²) in [5.41, 5.74) is 1.90. The van der Waals surface area contributed by atoms with Gasteiger partial charge in [0.05, 0.1) is 16.1 Å². The molecule has 0 amide bonds. The van der Waals surface area contributed by atoms with E-state index < -0.39 is 16.0 Å². The lowest BCUT2D eigenvalue weighted by molar-refractivity contribution is 0.0697. The molecule has 0 saturated carbocycles. The zero-order valence-corrected chi connectivity index (χ0v) is 19.3. The number of benzene rings is 3. The lowest BCUT2D eigenvalue weighted by Gasteiger charge is -2.16. The van der Waals surface area contributed by atoms with Crippen molar-refractivity contribution < 1.29 is 23.1 Å². The Morgan fingerprint density at radius 3 is 2.41 bits per heavy atom. The number of carboxylic acid groups (broad SMARTS) is 1. The van der Waals surface area contributed by atoms with Gasteiger partial charge in [0.15, 0.2) is 0 Å². The van der Waals surface area contributed by atoms with Crippen LogP contribution in [0.25, 0.3) is 0 Å². The molecule has 0 aliphatic rings. The molecule has 0 aliphatic carbocycles. The molecule has 6 nitrogen and oxygen atoms in total. The maximum absolute atomic E-state index is 13.2. The molecule has 0 radical (unpaired) electrons. The van der Waals surface area contributed by atoms with Crippen LogP contribution in [0.4, 0.5) is 5.69 Å². The zero-order chi connectivity index (χ0) is 23.3. The smallest absolute Gasteiger partial charge is 0.335 e. The Labute approximate surface area is 192 Å². The molecule has 3 rings (SSSR count). The summed E-state index contributed by atoms with van der Waals surface area (Å²) in [6.07, 6.45) is 0.632. The number of rotatable bonds is 9. The van der Waals surface area contributed by atoms with Crippen LogP contribution in [-0.2, 0) is 23.1 Å². The van der Waals surface area contributed by atoms with E-state index >= 15 is 0 Å². The molecule has 0 fully saturated rings. The first-order valence-electron chi connectivity index (χ1n) is 10.0. The van der Waals surface area contributed by atoms with E-state index in [4.69, 9.17) is 21.4 Å². The van der Waals surface area contributed by atoms with E-state index in [9.17, 15) is 13.2 Å². The lowest BCUT2D eigenvalue weighted by Crippen LogP contribution is -2.16. The van der Waals surface area contributed by atoms with Crippen molar-refractivity contribution in [1.82, 2.24) is 0 Å². The quantitative estimate of drug-likeness (QED) is 0.421. The minimum Gasteiger partial charge on any atom is -0.487 e. The highest BCUT2D eigenvalue weighted by Crippen LogP contribution is 2.32. The van der Waals surface area contributed by atoms with E-state index in [1.165, 1.54) is 18.2 Å². The van der Waals surface area contributed by atoms with Crippen molar-refractivity contribution in [2.75, 3.05) is 4.72 Å². The van der Waals surface area contributed by atoms with Gasteiger partial charge in [0.1, 0.15) is 12.4 Å². The fourth-order valence-corrected chi connectivity index (χ4v) is 4.66. The van der Waals surface area contributed by atoms with Gasteiger partial charge in [-0.25, -0.2) is 13.2 Å². The number of ether oxygens (including phenoxy) is 1. The topological polar surface area (TPSA) is 92.7 Å². The van der Waals surface area contributed by atoms with Crippen molar-refractivity contribution in [2.24, 2.45) is 5.92 Å². The molecule has 0 unspecified atom stereocenters. The number of anilines is 1. The fourth-order valence-electron chi connectivity index (χ4n) is 3.18. The van der Waals surface area contributed by atoms with E-state index in [0.29, 0.717) is 17.4 Å². The summed E-state index contributed by atoms with van der Waals surface area (Å²) in [4.78, 5) is 11.2. The number of hydrogen-bond acceptors (Lipinski definition) is 4. The number of sulfonamides is 1. The molecule has 0 saturated heterocycles. The maximum Gasteiger partial charge on any atom is 0.335 e. The predicted molar refractivity (Wildman–Crippen MR) is 125 cm³/mol. The fraction of sp³-hybridized carbons (Fsp3) is 0.208. The summed E-state index contributed by atoms with van der Waals surface area (Å²) >= 11 is 6.10. The Balaban J connectivity index is 1.84. The van der Waals surface area contributed by atoms with Gasteiger partial charge in [-0.1, -0.05) is 55.8 Å². The van der Waals surface area contributed by atoms with Gasteiger partial charge >= 0.3 is 5.97 Å². The SMILES string of the molecule is CC(C)Cc1ccccc1S(=O)(=O)Nc1ccc(Cl)cc1OCc1ccc(C(=O)O)cc1. The number of carboxylic acids is 1. The number of aromatic carboxylic acids is 1. The third-order valence-corrected chi connectivity index (χ3v) is 6.37. The molecule has 0 aliphatic heterocycles. The van der Waals surface area contributed by atoms with Gasteiger partial charge in [-0.2, -0.15) is 0 Å². The number of nitrogens with one attached hydrogen (secondary N) is 1. The van der Waals surface area contributed by atoms with Crippen LogP contribution in [-0.4, -0.2) is 19.5 Å². The average Bonchev–Trinajstić information content (AvgIpc) is 2.74. The first-order chi connectivity index (χ1) is 15.2. The van der Waals surface area contributed by atoms with Gasteiger partial charge < -0.3 is 9.84 Å². The lowest BCUT2D eigenvalue weighted by atomic mass is 10.0. The van der Waals surface area contributed by atoms with Crippen LogP contribution >= 0.6 is 11.6 Å². The van der Waals surface area contributed by atoms with Crippen LogP contribution in [0.2, 0.25) is 5.02 Å². The summed E-state index contributed by atoms with van der Waals surface area (Å²) in [6, 6.07) is 17.8. The molecule has 168 valence electrons. The standard InChI is InChI=1S/C24H24ClNO5S/c1-16(2)13-19-5-3-4-6-23(19)32(29,30)26-21-12-11-20(25)14-22(21)31-15-17-7-9-18(10-8-17)24(27)28/h3-12,14,16,26H,13,15H2,1-2H3,(H,27,28). The Bertz CT molecular complexity index is 1210. The van der Waals surface area contributed by atoms with Gasteiger partial charge in [-0.3, -0.25) is 4.72 Å². The van der Waals surface area contributed by atoms with Crippen molar-refractivity contribution >= 4 is 33.3 Å². The molecule has 2 N–H and O–H groups in total. The van der Waals surface area contributed by atoms with E-state index in [2.05, 4.69) is 4.72 Å². The monoisotopic (exact) mass is 473 g/mol. The molecule has 0 heterocycles. The van der Waals surface area contributed by atoms with Crippen molar-refractivity contribution in [3.8, 4) is 5.75 Å². The highest BCUT2D eigenvalue weighted by molar-refractivity contribution is 7.92. The minimum absolute atomic E-state index is 0.110. The normalized spacial score (nSPS) is 11.4. The van der Waals surface area contributed by atoms with Crippen LogP contribution < -0.4 is 9.46 Å². The summed E-state index contributed by atoms with van der Waals surface area (Å²) in [7, 11) is -3.86. The van der Waals surface area contributed by atoms with Gasteiger partial charge in [0.25, 0.3) is 10.0 Å². The molecule has 0 atom stereocenters. The van der Waals surface area contributed by atoms with Crippen molar-refractivity contribution in [2.45, 2.75) is 31.8 Å². The minimum atomic E-state index is -3.86. The van der Waals surface area contributed by atoms with Crippen LogP contribution in [0.5, 0.6) is 5.75 Å². The van der Waals surface area contributed by atoms with E-state index in [1.807, 2.05) is 26.0 Å². The van der Waals surface area contributed by atoms with Crippen molar-refractivity contribution in [1.29, 1.82) is 0 Å². The first kappa shape index (κ1) is 23.6. The van der Waals surface area contributed by atoms with Crippen LogP contribution in [0.15, 0.2) is 71.6 Å². The molecular weight excluding hydrogens is 450 g/mol. The summed E-state index contributed by atoms with van der Waals surface area (Å²) in [5.74, 6) is -0.445. The Kier molecular flexibility index (Phi) is 7.43. The van der Waals surface area contributed by atoms with E-state index in [0.717, 1.165) is 11.1 Å². The summed E-state index contributed by atoms with van der Waals surface area (Å²) in [6.45, 7) is 4.18. The van der Waals surface area contributed by atoms with E-state index in [1.54, 1.807) is 36.4 Å². The second kappa shape index (κ2) is 10.1. The van der Waals surface area contributed by atoms with Crippen LogP contribution in [0.3, 0.4) is 0 Å². The summed E-state index contributed by atoms with van der Waals surface area (Å²) < 4.78 is 34.8. The Morgan fingerprint density at radius 1 is 1.06 bits per heavy atom. The molecule has 0 bridgehead atoms. The Hall–Kier alpha value is -3.03. The highest BCUT2D eigenvalue weighted by atomic mass is 35.5. The molecule has 3 aromatic carbocycles. The molecule has 3 aromatic rings. The van der Waals surface area contributed by atoms with E-state index in [-0.39, 0.29) is 28.5 Å². The molecule has 8 heteroatoms. The molecule has 0 spiro atoms. The Morgan fingerprint density at radius 2 is 1.75 bits per heavy atom. The highest BCUT2D eigenvalue weighted by Gasteiger charge is 2.21. The van der Waals surface area contributed by atoms with Gasteiger partial charge in [-0.05, 0) is 53.8 Å². The van der Waals surface area contributed by atoms with Gasteiger partial charge in [0.2, 0.25) is 0 Å². The number of carbonyl (C=O) groups is 1. The number of halogens is 1. The predicted octanol–water partition coefficient (Wildman–Crippen LogP) is 5.62. The molecule has 0 aromatic heterocycles. The summed E-state index contributed by atoms with van der Waals surface area (Å²) in [5, 5.41) is 9.40. The largest absolute Gasteiger partial charge is 0.487 e. The van der Waals surface area contributed by atoms with Crippen molar-refractivity contribution in [3.63, 3.8) is 0 Å². The van der Waals surface area contributed by atoms with Crippen LogP contribution in [0, 0.1) is 5.92 Å². The average molecular weight is 474 g/mol. The van der Waals surface area contributed by atoms with Crippen molar-refractivity contribution in [3.05, 3.63) is 88.4 Å². The second-order valence-corrected chi connectivity index (χ2v) is 9.83. The first-order valence-corrected chi connectivity index (χ1v) is 11.9. The third kappa shape index (κ3) is 6.02. The van der Waals surface area contributed by atoms with Crippen LogP contribution in [0.1, 0.15) is 35.3 Å².